The van der Waals surface area contributed by atoms with Gasteiger partial charge in [-0.15, -0.1) is 0 Å². The van der Waals surface area contributed by atoms with E-state index in [2.05, 4.69) is 146 Å². The van der Waals surface area contributed by atoms with Crippen LogP contribution in [0.3, 0.4) is 0 Å². The van der Waals surface area contributed by atoms with Gasteiger partial charge in [0.15, 0.2) is 17.5 Å². The zero-order valence-corrected chi connectivity index (χ0v) is 32.9. The molecule has 9 aromatic carbocycles. The van der Waals surface area contributed by atoms with E-state index in [1.165, 1.54) is 44.5 Å². The number of nitrogens with zero attached hydrogens (tertiary/aromatic N) is 4. The van der Waals surface area contributed by atoms with Crippen molar-refractivity contribution >= 4 is 10.8 Å². The van der Waals surface area contributed by atoms with Crippen LogP contribution in [0.15, 0.2) is 206 Å². The molecule has 2 aliphatic rings. The van der Waals surface area contributed by atoms with Crippen LogP contribution in [0.2, 0.25) is 0 Å². The van der Waals surface area contributed by atoms with Crippen LogP contribution in [-0.2, 0) is 5.41 Å². The highest BCUT2D eigenvalue weighted by molar-refractivity contribution is 6.09. The van der Waals surface area contributed by atoms with Crippen LogP contribution in [0, 0.1) is 11.3 Å². The Labute approximate surface area is 353 Å². The second-order valence-electron chi connectivity index (χ2n) is 15.8. The van der Waals surface area contributed by atoms with Gasteiger partial charge in [0.1, 0.15) is 0 Å². The van der Waals surface area contributed by atoms with Gasteiger partial charge in [0.25, 0.3) is 0 Å². The Morgan fingerprint density at radius 1 is 0.361 bits per heavy atom. The van der Waals surface area contributed by atoms with Gasteiger partial charge in [0.2, 0.25) is 0 Å². The summed E-state index contributed by atoms with van der Waals surface area (Å²) in [4.78, 5) is 15.0. The molecule has 0 atom stereocenters. The first-order valence-electron chi connectivity index (χ1n) is 20.6. The van der Waals surface area contributed by atoms with Crippen molar-refractivity contribution in [1.29, 1.82) is 5.26 Å². The molecule has 282 valence electrons. The molecule has 4 nitrogen and oxygen atoms in total. The Kier molecular flexibility index (Phi) is 7.78. The Bertz CT molecular complexity index is 3330. The highest BCUT2D eigenvalue weighted by Crippen LogP contribution is 2.65. The molecule has 0 bridgehead atoms. The summed E-state index contributed by atoms with van der Waals surface area (Å²) < 4.78 is 0. The standard InChI is InChI=1S/C57H34N4/c58-35-36-29-30-42-34-47(52-46-25-9-12-28-51(46)57(53(52)48(42)31-36)49-26-10-7-23-44(49)45-24-8-11-27-50(45)57)41-21-13-19-39(32-41)40-20-14-22-43(33-40)56-60-54(37-15-3-1-4-16-37)59-55(61-56)38-17-5-2-6-18-38/h1-34H. The quantitative estimate of drug-likeness (QED) is 0.175. The van der Waals surface area contributed by atoms with Crippen molar-refractivity contribution in [1.82, 2.24) is 15.0 Å². The first kappa shape index (κ1) is 34.8. The number of benzene rings is 9. The summed E-state index contributed by atoms with van der Waals surface area (Å²) in [5.41, 5.74) is 17.3. The van der Waals surface area contributed by atoms with Crippen molar-refractivity contribution in [3.05, 3.63) is 234 Å². The van der Waals surface area contributed by atoms with Gasteiger partial charge in [-0.1, -0.05) is 176 Å². The molecule has 61 heavy (non-hydrogen) atoms. The molecule has 0 aliphatic heterocycles. The lowest BCUT2D eigenvalue weighted by atomic mass is 9.69. The monoisotopic (exact) mass is 774 g/mol. The molecule has 0 saturated heterocycles. The summed E-state index contributed by atoms with van der Waals surface area (Å²) in [6.07, 6.45) is 0. The van der Waals surface area contributed by atoms with Crippen LogP contribution in [0.25, 0.3) is 89.4 Å². The van der Waals surface area contributed by atoms with Gasteiger partial charge in [0.05, 0.1) is 17.0 Å². The third-order valence-electron chi connectivity index (χ3n) is 12.5. The van der Waals surface area contributed by atoms with Crippen molar-refractivity contribution < 1.29 is 0 Å². The van der Waals surface area contributed by atoms with Crippen molar-refractivity contribution in [3.63, 3.8) is 0 Å². The highest BCUT2D eigenvalue weighted by Gasteiger charge is 2.53. The van der Waals surface area contributed by atoms with E-state index >= 15 is 0 Å². The van der Waals surface area contributed by atoms with Gasteiger partial charge in [-0.25, -0.2) is 15.0 Å². The van der Waals surface area contributed by atoms with E-state index < -0.39 is 5.41 Å². The second-order valence-corrected chi connectivity index (χ2v) is 15.8. The van der Waals surface area contributed by atoms with E-state index in [-0.39, 0.29) is 0 Å². The van der Waals surface area contributed by atoms with E-state index in [1.54, 1.807) is 0 Å². The van der Waals surface area contributed by atoms with Gasteiger partial charge in [-0.2, -0.15) is 5.26 Å². The van der Waals surface area contributed by atoms with Gasteiger partial charge >= 0.3 is 0 Å². The first-order valence-corrected chi connectivity index (χ1v) is 20.6. The maximum absolute atomic E-state index is 10.2. The van der Waals surface area contributed by atoms with E-state index in [1.807, 2.05) is 66.7 Å². The van der Waals surface area contributed by atoms with Crippen molar-refractivity contribution in [2.45, 2.75) is 5.41 Å². The third kappa shape index (κ3) is 5.28. The van der Waals surface area contributed by atoms with Gasteiger partial charge < -0.3 is 0 Å². The summed E-state index contributed by atoms with van der Waals surface area (Å²) >= 11 is 0. The average Bonchev–Trinajstić information content (AvgIpc) is 3.82. The minimum Gasteiger partial charge on any atom is -0.208 e. The molecule has 0 radical (unpaired) electrons. The van der Waals surface area contributed by atoms with Crippen LogP contribution in [0.1, 0.15) is 27.8 Å². The molecule has 0 saturated carbocycles. The Morgan fingerprint density at radius 2 is 0.820 bits per heavy atom. The number of hydrogen-bond donors (Lipinski definition) is 0. The lowest BCUT2D eigenvalue weighted by Crippen LogP contribution is -2.26. The molecule has 2 aliphatic carbocycles. The smallest absolute Gasteiger partial charge is 0.164 e. The molecule has 1 spiro atoms. The maximum Gasteiger partial charge on any atom is 0.164 e. The van der Waals surface area contributed by atoms with Crippen LogP contribution in [-0.4, -0.2) is 15.0 Å². The summed E-state index contributed by atoms with van der Waals surface area (Å²) in [7, 11) is 0. The van der Waals surface area contributed by atoms with E-state index in [0.29, 0.717) is 23.0 Å². The van der Waals surface area contributed by atoms with E-state index in [0.717, 1.165) is 49.7 Å². The maximum atomic E-state index is 10.2. The zero-order valence-electron chi connectivity index (χ0n) is 32.9. The molecule has 4 heteroatoms. The topological polar surface area (TPSA) is 62.5 Å². The van der Waals surface area contributed by atoms with E-state index in [9.17, 15) is 5.26 Å². The fourth-order valence-corrected chi connectivity index (χ4v) is 9.96. The molecule has 10 aromatic rings. The third-order valence-corrected chi connectivity index (χ3v) is 12.5. The summed E-state index contributed by atoms with van der Waals surface area (Å²) in [6.45, 7) is 0. The van der Waals surface area contributed by atoms with Gasteiger partial charge in [0, 0.05) is 16.7 Å². The highest BCUT2D eigenvalue weighted by atomic mass is 15.0. The minimum atomic E-state index is -0.560. The van der Waals surface area contributed by atoms with Gasteiger partial charge in [-0.05, 0) is 108 Å². The van der Waals surface area contributed by atoms with E-state index in [4.69, 9.17) is 15.0 Å². The number of fused-ring (bicyclic) bond motifs is 12. The van der Waals surface area contributed by atoms with Crippen LogP contribution in [0.4, 0.5) is 0 Å². The normalized spacial score (nSPS) is 12.7. The first-order chi connectivity index (χ1) is 30.2. The molecular formula is C57H34N4. The number of rotatable bonds is 5. The molecule has 0 amide bonds. The number of nitriles is 1. The summed E-state index contributed by atoms with van der Waals surface area (Å²) in [5.74, 6) is 1.89. The lowest BCUT2D eigenvalue weighted by Gasteiger charge is -2.31. The Morgan fingerprint density at radius 3 is 1.41 bits per heavy atom. The molecule has 0 fully saturated rings. The largest absolute Gasteiger partial charge is 0.208 e. The van der Waals surface area contributed by atoms with Crippen molar-refractivity contribution in [3.8, 4) is 84.7 Å². The predicted octanol–water partition coefficient (Wildman–Crippen LogP) is 13.6. The average molecular weight is 775 g/mol. The Hall–Kier alpha value is -8.26. The SMILES string of the molecule is N#Cc1ccc2cc(-c3cccc(-c4cccc(-c5nc(-c6ccccc6)nc(-c6ccccc6)n5)c4)c3)c3c(c2c1)C1(c2ccccc2-c2ccccc21)c1ccccc1-3. The predicted molar refractivity (Wildman–Crippen MR) is 246 cm³/mol. The minimum absolute atomic E-state index is 0.560. The summed E-state index contributed by atoms with van der Waals surface area (Å²) in [6, 6.07) is 75.2. The Balaban J connectivity index is 1.06. The molecule has 12 rings (SSSR count). The van der Waals surface area contributed by atoms with Crippen LogP contribution >= 0.6 is 0 Å². The number of hydrogen-bond acceptors (Lipinski definition) is 4. The van der Waals surface area contributed by atoms with Crippen LogP contribution in [0.5, 0.6) is 0 Å². The fraction of sp³-hybridized carbons (Fsp3) is 0.0175. The van der Waals surface area contributed by atoms with Crippen molar-refractivity contribution in [2.24, 2.45) is 0 Å². The summed E-state index contributed by atoms with van der Waals surface area (Å²) in [5, 5.41) is 12.4. The van der Waals surface area contributed by atoms with Gasteiger partial charge in [-0.3, -0.25) is 0 Å². The number of aromatic nitrogens is 3. The van der Waals surface area contributed by atoms with Crippen LogP contribution < -0.4 is 0 Å². The molecular weight excluding hydrogens is 741 g/mol. The molecule has 0 unspecified atom stereocenters. The zero-order chi connectivity index (χ0) is 40.5. The molecule has 1 aromatic heterocycles. The fourth-order valence-electron chi connectivity index (χ4n) is 9.96. The van der Waals surface area contributed by atoms with Crippen molar-refractivity contribution in [2.75, 3.05) is 0 Å². The second kappa shape index (κ2) is 13.7. The molecule has 1 heterocycles. The molecule has 0 N–H and O–H groups in total. The lowest BCUT2D eigenvalue weighted by molar-refractivity contribution is 0.801.